The fourth-order valence-corrected chi connectivity index (χ4v) is 2.28. The molecule has 0 bridgehead atoms. The first-order valence-electron chi connectivity index (χ1n) is 4.00. The van der Waals surface area contributed by atoms with Gasteiger partial charge in [-0.05, 0) is 35.6 Å². The van der Waals surface area contributed by atoms with Gasteiger partial charge in [-0.1, -0.05) is 5.16 Å². The van der Waals surface area contributed by atoms with Crippen molar-refractivity contribution in [2.45, 2.75) is 13.0 Å². The van der Waals surface area contributed by atoms with Crippen LogP contribution in [0.2, 0.25) is 0 Å². The zero-order chi connectivity index (χ0) is 10.1. The smallest absolute Gasteiger partial charge is 0.258 e. The average molecular weight is 321 g/mol. The van der Waals surface area contributed by atoms with Gasteiger partial charge < -0.3 is 10.3 Å². The van der Waals surface area contributed by atoms with E-state index < -0.39 is 0 Å². The van der Waals surface area contributed by atoms with Gasteiger partial charge in [-0.2, -0.15) is 4.98 Å². The molecule has 4 nitrogen and oxygen atoms in total. The van der Waals surface area contributed by atoms with Gasteiger partial charge in [-0.15, -0.1) is 11.3 Å². The van der Waals surface area contributed by atoms with E-state index in [1.165, 1.54) is 2.88 Å². The monoisotopic (exact) mass is 321 g/mol. The Morgan fingerprint density at radius 1 is 1.64 bits per heavy atom. The van der Waals surface area contributed by atoms with E-state index in [1.807, 2.05) is 18.4 Å². The van der Waals surface area contributed by atoms with Crippen LogP contribution in [0.4, 0.5) is 0 Å². The van der Waals surface area contributed by atoms with E-state index in [4.69, 9.17) is 10.3 Å². The molecule has 0 spiro atoms. The summed E-state index contributed by atoms with van der Waals surface area (Å²) in [6.45, 7) is 1.83. The predicted octanol–water partition coefficient (Wildman–Crippen LogP) is 2.42. The molecule has 6 heteroatoms. The summed E-state index contributed by atoms with van der Waals surface area (Å²) in [6.07, 6.45) is 0. The van der Waals surface area contributed by atoms with Crippen molar-refractivity contribution in [1.82, 2.24) is 10.1 Å². The minimum absolute atomic E-state index is 0.190. The molecule has 0 saturated heterocycles. The molecule has 0 saturated carbocycles. The highest BCUT2D eigenvalue weighted by Gasteiger charge is 2.12. The molecular weight excluding hydrogens is 313 g/mol. The lowest BCUT2D eigenvalue weighted by Gasteiger charge is -1.92. The van der Waals surface area contributed by atoms with E-state index in [2.05, 4.69) is 32.7 Å². The maximum atomic E-state index is 5.63. The summed E-state index contributed by atoms with van der Waals surface area (Å²) in [4.78, 5) is 4.19. The topological polar surface area (TPSA) is 64.9 Å². The molecule has 1 atom stereocenters. The Hall–Kier alpha value is -0.470. The Labute approximate surface area is 98.6 Å². The second-order valence-corrected chi connectivity index (χ2v) is 5.69. The quantitative estimate of drug-likeness (QED) is 0.863. The third-order valence-corrected chi connectivity index (χ3v) is 3.45. The van der Waals surface area contributed by atoms with Crippen LogP contribution in [0.1, 0.15) is 18.8 Å². The van der Waals surface area contributed by atoms with Crippen molar-refractivity contribution in [3.8, 4) is 11.5 Å². The molecule has 0 amide bonds. The molecule has 0 aromatic carbocycles. The zero-order valence-electron chi connectivity index (χ0n) is 7.40. The maximum Gasteiger partial charge on any atom is 0.258 e. The minimum atomic E-state index is -0.190. The summed E-state index contributed by atoms with van der Waals surface area (Å²) in [5.41, 5.74) is 6.58. The SMILES string of the molecule is CC(N)c1noc(-c2csc(I)c2)n1. The van der Waals surface area contributed by atoms with E-state index >= 15 is 0 Å². The molecule has 0 aliphatic heterocycles. The van der Waals surface area contributed by atoms with Crippen LogP contribution in [0.15, 0.2) is 16.0 Å². The summed E-state index contributed by atoms with van der Waals surface area (Å²) in [5.74, 6) is 1.08. The number of hydrogen-bond donors (Lipinski definition) is 1. The van der Waals surface area contributed by atoms with Crippen molar-refractivity contribution in [3.63, 3.8) is 0 Å². The number of aromatic nitrogens is 2. The molecule has 0 radical (unpaired) electrons. The molecule has 2 N–H and O–H groups in total. The Morgan fingerprint density at radius 3 is 2.93 bits per heavy atom. The van der Waals surface area contributed by atoms with Crippen LogP contribution < -0.4 is 5.73 Å². The fourth-order valence-electron chi connectivity index (χ4n) is 0.959. The first-order chi connectivity index (χ1) is 6.66. The second-order valence-electron chi connectivity index (χ2n) is 2.89. The van der Waals surface area contributed by atoms with Gasteiger partial charge in [-0.25, -0.2) is 0 Å². The summed E-state index contributed by atoms with van der Waals surface area (Å²) < 4.78 is 6.28. The van der Waals surface area contributed by atoms with Gasteiger partial charge in [0.1, 0.15) is 0 Å². The largest absolute Gasteiger partial charge is 0.334 e. The number of nitrogens with zero attached hydrogens (tertiary/aromatic N) is 2. The Balaban J connectivity index is 2.33. The lowest BCUT2D eigenvalue weighted by atomic mass is 10.3. The highest BCUT2D eigenvalue weighted by atomic mass is 127. The molecule has 0 fully saturated rings. The summed E-state index contributed by atoms with van der Waals surface area (Å²) in [5, 5.41) is 5.78. The van der Waals surface area contributed by atoms with Crippen LogP contribution in [0.3, 0.4) is 0 Å². The van der Waals surface area contributed by atoms with Crippen LogP contribution in [-0.2, 0) is 0 Å². The Kier molecular flexibility index (Phi) is 2.84. The van der Waals surface area contributed by atoms with Crippen LogP contribution >= 0.6 is 33.9 Å². The van der Waals surface area contributed by atoms with Crippen molar-refractivity contribution in [3.05, 3.63) is 20.2 Å². The van der Waals surface area contributed by atoms with E-state index in [0.717, 1.165) is 5.56 Å². The summed E-state index contributed by atoms with van der Waals surface area (Å²) >= 11 is 3.90. The van der Waals surface area contributed by atoms with E-state index in [9.17, 15) is 0 Å². The normalized spacial score (nSPS) is 13.1. The molecule has 2 aromatic heterocycles. The lowest BCUT2D eigenvalue weighted by molar-refractivity contribution is 0.418. The fraction of sp³-hybridized carbons (Fsp3) is 0.250. The Morgan fingerprint density at radius 2 is 2.43 bits per heavy atom. The average Bonchev–Trinajstić information content (AvgIpc) is 2.70. The van der Waals surface area contributed by atoms with Gasteiger partial charge in [0.15, 0.2) is 5.82 Å². The van der Waals surface area contributed by atoms with Gasteiger partial charge in [0, 0.05) is 5.38 Å². The molecule has 1 unspecified atom stereocenters. The van der Waals surface area contributed by atoms with Gasteiger partial charge in [0.05, 0.1) is 14.5 Å². The number of thiophene rings is 1. The molecule has 74 valence electrons. The summed E-state index contributed by atoms with van der Waals surface area (Å²) in [6, 6.07) is 1.81. The molecule has 0 aliphatic rings. The van der Waals surface area contributed by atoms with Gasteiger partial charge in [-0.3, -0.25) is 0 Å². The van der Waals surface area contributed by atoms with Crippen molar-refractivity contribution < 1.29 is 4.52 Å². The van der Waals surface area contributed by atoms with E-state index in [0.29, 0.717) is 11.7 Å². The molecule has 2 aromatic rings. The molecule has 14 heavy (non-hydrogen) atoms. The minimum Gasteiger partial charge on any atom is -0.334 e. The number of hydrogen-bond acceptors (Lipinski definition) is 5. The molecule has 2 heterocycles. The standard InChI is InChI=1S/C8H8IN3OS/c1-4(10)7-11-8(13-12-7)5-2-6(9)14-3-5/h2-4H,10H2,1H3. The first kappa shape index (κ1) is 10.1. The van der Waals surface area contributed by atoms with Gasteiger partial charge >= 0.3 is 0 Å². The highest BCUT2D eigenvalue weighted by Crippen LogP contribution is 2.25. The Bertz CT molecular complexity index is 437. The number of nitrogens with two attached hydrogens (primary N) is 1. The van der Waals surface area contributed by atoms with Crippen molar-refractivity contribution in [2.24, 2.45) is 5.73 Å². The van der Waals surface area contributed by atoms with Crippen LogP contribution in [0.5, 0.6) is 0 Å². The molecular formula is C8H8IN3OS. The number of halogens is 1. The van der Waals surface area contributed by atoms with Gasteiger partial charge in [0.25, 0.3) is 5.89 Å². The first-order valence-corrected chi connectivity index (χ1v) is 5.96. The van der Waals surface area contributed by atoms with Crippen LogP contribution in [0, 0.1) is 2.88 Å². The highest BCUT2D eigenvalue weighted by molar-refractivity contribution is 14.1. The van der Waals surface area contributed by atoms with Crippen LogP contribution in [0.25, 0.3) is 11.5 Å². The van der Waals surface area contributed by atoms with Crippen molar-refractivity contribution >= 4 is 33.9 Å². The third kappa shape index (κ3) is 1.96. The molecule has 0 aliphatic carbocycles. The predicted molar refractivity (Wildman–Crippen MR) is 62.9 cm³/mol. The summed E-state index contributed by atoms with van der Waals surface area (Å²) in [7, 11) is 0. The van der Waals surface area contributed by atoms with Crippen molar-refractivity contribution in [2.75, 3.05) is 0 Å². The van der Waals surface area contributed by atoms with E-state index in [1.54, 1.807) is 11.3 Å². The van der Waals surface area contributed by atoms with E-state index in [-0.39, 0.29) is 6.04 Å². The number of rotatable bonds is 2. The maximum absolute atomic E-state index is 5.63. The van der Waals surface area contributed by atoms with Crippen molar-refractivity contribution in [1.29, 1.82) is 0 Å². The molecule has 2 rings (SSSR count). The van der Waals surface area contributed by atoms with Gasteiger partial charge in [0.2, 0.25) is 0 Å². The third-order valence-electron chi connectivity index (χ3n) is 1.66. The lowest BCUT2D eigenvalue weighted by Crippen LogP contribution is -2.06. The second kappa shape index (κ2) is 3.95. The van der Waals surface area contributed by atoms with Crippen LogP contribution in [-0.4, -0.2) is 10.1 Å². The zero-order valence-corrected chi connectivity index (χ0v) is 10.4.